The van der Waals surface area contributed by atoms with Crippen LogP contribution < -0.4 is 14.8 Å². The maximum Gasteiger partial charge on any atom is 0.257 e. The second kappa shape index (κ2) is 11.0. The van der Waals surface area contributed by atoms with Gasteiger partial charge in [0.15, 0.2) is 6.61 Å². The number of nitrogens with zero attached hydrogens (tertiary/aromatic N) is 1. The summed E-state index contributed by atoms with van der Waals surface area (Å²) in [6.07, 6.45) is 4.93. The molecule has 0 saturated carbocycles. The number of hydrogen-bond acceptors (Lipinski definition) is 4. The van der Waals surface area contributed by atoms with Crippen LogP contribution in [0.4, 0.5) is 0 Å². The number of piperidine rings is 1. The third kappa shape index (κ3) is 7.78. The van der Waals surface area contributed by atoms with Gasteiger partial charge in [-0.25, -0.2) is 0 Å². The van der Waals surface area contributed by atoms with Gasteiger partial charge in [-0.2, -0.15) is 0 Å². The molecule has 1 heterocycles. The molecule has 0 aromatic heterocycles. The summed E-state index contributed by atoms with van der Waals surface area (Å²) < 4.78 is 11.1. The molecule has 140 valence electrons. The van der Waals surface area contributed by atoms with Crippen LogP contribution in [0.15, 0.2) is 24.3 Å². The Labute approximate surface area is 151 Å². The van der Waals surface area contributed by atoms with Crippen molar-refractivity contribution in [3.8, 4) is 11.5 Å². The Morgan fingerprint density at radius 3 is 2.40 bits per heavy atom. The lowest BCUT2D eigenvalue weighted by atomic mass is 10.1. The van der Waals surface area contributed by atoms with Crippen LogP contribution in [0.2, 0.25) is 0 Å². The van der Waals surface area contributed by atoms with Crippen LogP contribution in [0.25, 0.3) is 0 Å². The Balaban J connectivity index is 1.61. The Morgan fingerprint density at radius 2 is 1.76 bits per heavy atom. The molecule has 5 heteroatoms. The average Bonchev–Trinajstić information content (AvgIpc) is 2.64. The Hall–Kier alpha value is -1.75. The third-order valence-electron chi connectivity index (χ3n) is 4.33. The maximum absolute atomic E-state index is 11.9. The zero-order valence-corrected chi connectivity index (χ0v) is 15.6. The summed E-state index contributed by atoms with van der Waals surface area (Å²) in [4.78, 5) is 14.4. The van der Waals surface area contributed by atoms with Crippen molar-refractivity contribution in [2.45, 2.75) is 39.5 Å². The zero-order valence-electron chi connectivity index (χ0n) is 15.6. The van der Waals surface area contributed by atoms with Crippen molar-refractivity contribution in [2.24, 2.45) is 5.92 Å². The molecular weight excluding hydrogens is 316 g/mol. The highest BCUT2D eigenvalue weighted by molar-refractivity contribution is 5.77. The predicted octanol–water partition coefficient (Wildman–Crippen LogP) is 3.09. The van der Waals surface area contributed by atoms with Crippen molar-refractivity contribution in [1.82, 2.24) is 10.2 Å². The number of benzene rings is 1. The first-order valence-corrected chi connectivity index (χ1v) is 9.52. The number of likely N-dealkylation sites (tertiary alicyclic amines) is 1. The van der Waals surface area contributed by atoms with Crippen LogP contribution in [0.1, 0.15) is 39.5 Å². The molecule has 0 aliphatic carbocycles. The van der Waals surface area contributed by atoms with Crippen LogP contribution in [0.3, 0.4) is 0 Å². The monoisotopic (exact) mass is 348 g/mol. The molecule has 1 saturated heterocycles. The first-order valence-electron chi connectivity index (χ1n) is 9.52. The molecule has 1 unspecified atom stereocenters. The summed E-state index contributed by atoms with van der Waals surface area (Å²) in [6, 6.07) is 7.39. The molecule has 0 spiro atoms. The number of nitrogens with one attached hydrogen (secondary N) is 1. The molecule has 1 aliphatic heterocycles. The summed E-state index contributed by atoms with van der Waals surface area (Å²) in [5, 5.41) is 2.97. The van der Waals surface area contributed by atoms with Crippen LogP contribution in [0.5, 0.6) is 11.5 Å². The van der Waals surface area contributed by atoms with E-state index < -0.39 is 0 Å². The highest BCUT2D eigenvalue weighted by atomic mass is 16.5. The van der Waals surface area contributed by atoms with Gasteiger partial charge >= 0.3 is 0 Å². The fraction of sp³-hybridized carbons (Fsp3) is 0.650. The first kappa shape index (κ1) is 19.6. The van der Waals surface area contributed by atoms with Crippen LogP contribution in [-0.2, 0) is 4.79 Å². The number of ether oxygens (including phenoxy) is 2. The van der Waals surface area contributed by atoms with E-state index in [1.54, 1.807) is 0 Å². The number of rotatable bonds is 10. The second-order valence-electron chi connectivity index (χ2n) is 6.88. The number of hydrogen-bond donors (Lipinski definition) is 1. The summed E-state index contributed by atoms with van der Waals surface area (Å²) in [6.45, 7) is 9.15. The van der Waals surface area contributed by atoms with Gasteiger partial charge in [-0.05, 0) is 62.5 Å². The Kier molecular flexibility index (Phi) is 8.60. The van der Waals surface area contributed by atoms with Gasteiger partial charge in [0.05, 0.1) is 6.61 Å². The molecular formula is C20H32N2O3. The summed E-state index contributed by atoms with van der Waals surface area (Å²) in [7, 11) is 0. The largest absolute Gasteiger partial charge is 0.494 e. The molecule has 5 nitrogen and oxygen atoms in total. The van der Waals surface area contributed by atoms with E-state index >= 15 is 0 Å². The quantitative estimate of drug-likeness (QED) is 0.706. The summed E-state index contributed by atoms with van der Waals surface area (Å²) in [5.41, 5.74) is 0. The van der Waals surface area contributed by atoms with Crippen molar-refractivity contribution in [3.05, 3.63) is 24.3 Å². The van der Waals surface area contributed by atoms with E-state index in [1.165, 1.54) is 32.4 Å². The SMILES string of the molecule is CCCOc1ccc(OCC(=O)NCC(C)CN2CCCCC2)cc1. The Morgan fingerprint density at radius 1 is 1.12 bits per heavy atom. The zero-order chi connectivity index (χ0) is 17.9. The molecule has 1 aromatic carbocycles. The molecule has 25 heavy (non-hydrogen) atoms. The van der Waals surface area contributed by atoms with Gasteiger partial charge in [0.2, 0.25) is 0 Å². The third-order valence-corrected chi connectivity index (χ3v) is 4.33. The van der Waals surface area contributed by atoms with Crippen LogP contribution >= 0.6 is 0 Å². The normalized spacial score (nSPS) is 16.2. The van der Waals surface area contributed by atoms with Gasteiger partial charge in [-0.1, -0.05) is 20.3 Å². The van der Waals surface area contributed by atoms with Crippen LogP contribution in [-0.4, -0.2) is 50.2 Å². The molecule has 1 aliphatic rings. The molecule has 2 rings (SSSR count). The van der Waals surface area contributed by atoms with Crippen molar-refractivity contribution in [3.63, 3.8) is 0 Å². The van der Waals surface area contributed by atoms with Gasteiger partial charge in [0, 0.05) is 13.1 Å². The fourth-order valence-corrected chi connectivity index (χ4v) is 2.99. The Bertz CT molecular complexity index is 498. The molecule has 0 radical (unpaired) electrons. The minimum Gasteiger partial charge on any atom is -0.494 e. The van der Waals surface area contributed by atoms with Gasteiger partial charge in [-0.15, -0.1) is 0 Å². The van der Waals surface area contributed by atoms with Crippen molar-refractivity contribution in [2.75, 3.05) is 39.4 Å². The average molecular weight is 348 g/mol. The highest BCUT2D eigenvalue weighted by Crippen LogP contribution is 2.17. The van der Waals surface area contributed by atoms with E-state index in [9.17, 15) is 4.79 Å². The minimum atomic E-state index is -0.0724. The van der Waals surface area contributed by atoms with Crippen molar-refractivity contribution >= 4 is 5.91 Å². The number of carbonyl (C=O) groups excluding carboxylic acids is 1. The molecule has 1 fully saturated rings. The van der Waals surface area contributed by atoms with Crippen molar-refractivity contribution < 1.29 is 14.3 Å². The lowest BCUT2D eigenvalue weighted by Gasteiger charge is -2.29. The molecule has 1 aromatic rings. The molecule has 1 amide bonds. The van der Waals surface area contributed by atoms with E-state index in [2.05, 4.69) is 24.1 Å². The lowest BCUT2D eigenvalue weighted by molar-refractivity contribution is -0.123. The van der Waals surface area contributed by atoms with Crippen LogP contribution in [0, 0.1) is 5.92 Å². The standard InChI is InChI=1S/C20H32N2O3/c1-3-13-24-18-7-9-19(10-8-18)25-16-20(23)21-14-17(2)15-22-11-5-4-6-12-22/h7-10,17H,3-6,11-16H2,1-2H3,(H,21,23). The highest BCUT2D eigenvalue weighted by Gasteiger charge is 2.14. The molecule has 1 N–H and O–H groups in total. The topological polar surface area (TPSA) is 50.8 Å². The predicted molar refractivity (Wildman–Crippen MR) is 100 cm³/mol. The lowest BCUT2D eigenvalue weighted by Crippen LogP contribution is -2.39. The maximum atomic E-state index is 11.9. The fourth-order valence-electron chi connectivity index (χ4n) is 2.99. The summed E-state index contributed by atoms with van der Waals surface area (Å²) >= 11 is 0. The smallest absolute Gasteiger partial charge is 0.257 e. The minimum absolute atomic E-state index is 0.0472. The van der Waals surface area contributed by atoms with Gasteiger partial charge in [0.25, 0.3) is 5.91 Å². The molecule has 1 atom stereocenters. The second-order valence-corrected chi connectivity index (χ2v) is 6.88. The number of carbonyl (C=O) groups is 1. The van der Waals surface area contributed by atoms with E-state index in [-0.39, 0.29) is 12.5 Å². The van der Waals surface area contributed by atoms with E-state index in [0.29, 0.717) is 24.8 Å². The summed E-state index contributed by atoms with van der Waals surface area (Å²) in [5.74, 6) is 1.89. The van der Waals surface area contributed by atoms with Gasteiger partial charge < -0.3 is 19.7 Å². The van der Waals surface area contributed by atoms with E-state index in [1.807, 2.05) is 24.3 Å². The van der Waals surface area contributed by atoms with Gasteiger partial charge in [-0.3, -0.25) is 4.79 Å². The van der Waals surface area contributed by atoms with Gasteiger partial charge in [0.1, 0.15) is 11.5 Å². The molecule has 0 bridgehead atoms. The first-order chi connectivity index (χ1) is 12.2. The number of amides is 1. The van der Waals surface area contributed by atoms with Crippen molar-refractivity contribution in [1.29, 1.82) is 0 Å². The van der Waals surface area contributed by atoms with E-state index in [4.69, 9.17) is 9.47 Å². The van der Waals surface area contributed by atoms with E-state index in [0.717, 1.165) is 18.7 Å².